The van der Waals surface area contributed by atoms with E-state index in [1.165, 1.54) is 24.1 Å². The van der Waals surface area contributed by atoms with Crippen molar-refractivity contribution in [1.82, 2.24) is 10.2 Å². The highest BCUT2D eigenvalue weighted by Gasteiger charge is 2.32. The Hall–Kier alpha value is -3.36. The van der Waals surface area contributed by atoms with Crippen LogP contribution in [0.25, 0.3) is 0 Å². The molecule has 1 atom stereocenters. The van der Waals surface area contributed by atoms with E-state index in [4.69, 9.17) is 11.6 Å². The average molecular weight is 542 g/mol. The normalized spacial score (nSPS) is 12.1. The van der Waals surface area contributed by atoms with E-state index in [9.17, 15) is 18.0 Å². The fourth-order valence-corrected chi connectivity index (χ4v) is 5.56. The summed E-state index contributed by atoms with van der Waals surface area (Å²) >= 11 is 6.01. The van der Waals surface area contributed by atoms with Crippen LogP contribution in [0.5, 0.6) is 0 Å². The van der Waals surface area contributed by atoms with Gasteiger partial charge >= 0.3 is 0 Å². The van der Waals surface area contributed by atoms with E-state index in [0.29, 0.717) is 10.7 Å². The lowest BCUT2D eigenvalue weighted by Gasteiger charge is -2.32. The Labute approximate surface area is 224 Å². The van der Waals surface area contributed by atoms with Gasteiger partial charge in [-0.25, -0.2) is 8.42 Å². The molecule has 0 fully saturated rings. The van der Waals surface area contributed by atoms with Crippen LogP contribution in [0.4, 0.5) is 5.69 Å². The van der Waals surface area contributed by atoms with Crippen molar-refractivity contribution in [2.45, 2.75) is 45.2 Å². The predicted molar refractivity (Wildman–Crippen MR) is 147 cm³/mol. The summed E-state index contributed by atoms with van der Waals surface area (Å²) in [5.41, 5.74) is 3.78. The van der Waals surface area contributed by atoms with E-state index >= 15 is 0 Å². The van der Waals surface area contributed by atoms with Crippen molar-refractivity contribution in [2.75, 3.05) is 17.9 Å². The van der Waals surface area contributed by atoms with Gasteiger partial charge < -0.3 is 10.2 Å². The molecule has 0 aromatic heterocycles. The van der Waals surface area contributed by atoms with Gasteiger partial charge in [0.15, 0.2) is 0 Å². The molecular formula is C28H32ClN3O4S. The van der Waals surface area contributed by atoms with Gasteiger partial charge in [-0.1, -0.05) is 47.5 Å². The fraction of sp³-hybridized carbons (Fsp3) is 0.286. The Morgan fingerprint density at radius 2 is 1.46 bits per heavy atom. The molecule has 196 valence electrons. The van der Waals surface area contributed by atoms with Crippen LogP contribution in [-0.2, 0) is 26.2 Å². The number of carbonyl (C=O) groups is 2. The highest BCUT2D eigenvalue weighted by molar-refractivity contribution is 7.92. The third-order valence-electron chi connectivity index (χ3n) is 6.06. The maximum atomic E-state index is 13.8. The van der Waals surface area contributed by atoms with Crippen LogP contribution in [0.15, 0.2) is 71.6 Å². The lowest BCUT2D eigenvalue weighted by molar-refractivity contribution is -0.139. The second kappa shape index (κ2) is 11.8. The molecule has 0 saturated carbocycles. The van der Waals surface area contributed by atoms with Crippen molar-refractivity contribution in [3.63, 3.8) is 0 Å². The van der Waals surface area contributed by atoms with E-state index in [0.717, 1.165) is 26.6 Å². The number of halogens is 1. The third kappa shape index (κ3) is 6.90. The number of likely N-dealkylation sites (N-methyl/N-ethyl adjacent to an activating group) is 1. The number of anilines is 1. The molecule has 0 radical (unpaired) electrons. The number of carbonyl (C=O) groups excluding carboxylic acids is 2. The zero-order chi connectivity index (χ0) is 27.3. The molecule has 0 aliphatic rings. The van der Waals surface area contributed by atoms with Crippen LogP contribution in [-0.4, -0.2) is 44.8 Å². The summed E-state index contributed by atoms with van der Waals surface area (Å²) in [6.45, 7) is 6.85. The summed E-state index contributed by atoms with van der Waals surface area (Å²) in [6.07, 6.45) is 0. The number of nitrogens with one attached hydrogen (secondary N) is 1. The van der Waals surface area contributed by atoms with Crippen LogP contribution in [0, 0.1) is 20.8 Å². The molecule has 0 spiro atoms. The van der Waals surface area contributed by atoms with E-state index in [-0.39, 0.29) is 17.3 Å². The first kappa shape index (κ1) is 28.2. The zero-order valence-electron chi connectivity index (χ0n) is 21.7. The van der Waals surface area contributed by atoms with Crippen LogP contribution in [0.3, 0.4) is 0 Å². The number of hydrogen-bond acceptors (Lipinski definition) is 4. The van der Waals surface area contributed by atoms with Crippen molar-refractivity contribution in [2.24, 2.45) is 0 Å². The number of aryl methyl sites for hydroxylation is 3. The smallest absolute Gasteiger partial charge is 0.264 e. The molecular weight excluding hydrogens is 510 g/mol. The monoisotopic (exact) mass is 541 g/mol. The quantitative estimate of drug-likeness (QED) is 0.428. The highest BCUT2D eigenvalue weighted by Crippen LogP contribution is 2.27. The topological polar surface area (TPSA) is 86.8 Å². The van der Waals surface area contributed by atoms with Gasteiger partial charge in [-0.15, -0.1) is 0 Å². The maximum absolute atomic E-state index is 13.8. The first-order chi connectivity index (χ1) is 17.4. The van der Waals surface area contributed by atoms with Gasteiger partial charge in [-0.3, -0.25) is 13.9 Å². The van der Waals surface area contributed by atoms with Crippen molar-refractivity contribution in [3.8, 4) is 0 Å². The molecule has 3 aromatic carbocycles. The Bertz CT molecular complexity index is 1350. The Morgan fingerprint density at radius 1 is 0.892 bits per heavy atom. The minimum absolute atomic E-state index is 0.0775. The zero-order valence-corrected chi connectivity index (χ0v) is 23.2. The molecule has 0 heterocycles. The number of amides is 2. The van der Waals surface area contributed by atoms with E-state index in [2.05, 4.69) is 5.32 Å². The Kier molecular flexibility index (Phi) is 8.99. The lowest BCUT2D eigenvalue weighted by atomic mass is 10.1. The summed E-state index contributed by atoms with van der Waals surface area (Å²) in [5, 5.41) is 3.12. The van der Waals surface area contributed by atoms with Gasteiger partial charge in [-0.05, 0) is 80.8 Å². The highest BCUT2D eigenvalue weighted by atomic mass is 35.5. The SMILES string of the molecule is CNC(=O)[C@H](C)N(Cc1ccc(Cl)cc1)C(=O)CN(c1cc(C)cc(C)c1)S(=O)(=O)c1ccc(C)cc1. The number of hydrogen-bond donors (Lipinski definition) is 1. The summed E-state index contributed by atoms with van der Waals surface area (Å²) in [7, 11) is -2.60. The molecule has 0 saturated heterocycles. The predicted octanol–water partition coefficient (Wildman–Crippen LogP) is 4.62. The van der Waals surface area contributed by atoms with Crippen molar-refractivity contribution >= 4 is 39.1 Å². The number of rotatable bonds is 9. The van der Waals surface area contributed by atoms with E-state index < -0.39 is 28.5 Å². The number of benzene rings is 3. The van der Waals surface area contributed by atoms with E-state index in [1.54, 1.807) is 55.5 Å². The third-order valence-corrected chi connectivity index (χ3v) is 8.10. The van der Waals surface area contributed by atoms with Gasteiger partial charge in [0.1, 0.15) is 12.6 Å². The van der Waals surface area contributed by atoms with Gasteiger partial charge in [0.05, 0.1) is 10.6 Å². The van der Waals surface area contributed by atoms with Gasteiger partial charge in [-0.2, -0.15) is 0 Å². The molecule has 9 heteroatoms. The van der Waals surface area contributed by atoms with Crippen LogP contribution >= 0.6 is 11.6 Å². The summed E-state index contributed by atoms with van der Waals surface area (Å²) in [6, 6.07) is 18.0. The maximum Gasteiger partial charge on any atom is 0.264 e. The first-order valence-electron chi connectivity index (χ1n) is 11.9. The fourth-order valence-electron chi connectivity index (χ4n) is 4.04. The van der Waals surface area contributed by atoms with Crippen LogP contribution in [0.1, 0.15) is 29.2 Å². The largest absolute Gasteiger partial charge is 0.357 e. The van der Waals surface area contributed by atoms with Gasteiger partial charge in [0.2, 0.25) is 11.8 Å². The minimum atomic E-state index is -4.10. The first-order valence-corrected chi connectivity index (χ1v) is 13.7. The molecule has 0 aliphatic heterocycles. The average Bonchev–Trinajstić information content (AvgIpc) is 2.85. The molecule has 0 bridgehead atoms. The van der Waals surface area contributed by atoms with Crippen molar-refractivity contribution in [3.05, 3.63) is 94.0 Å². The Morgan fingerprint density at radius 3 is 2.00 bits per heavy atom. The lowest BCUT2D eigenvalue weighted by Crippen LogP contribution is -2.50. The number of sulfonamides is 1. The molecule has 3 rings (SSSR count). The molecule has 2 amide bonds. The summed E-state index contributed by atoms with van der Waals surface area (Å²) in [4.78, 5) is 27.8. The van der Waals surface area contributed by atoms with Crippen molar-refractivity contribution in [1.29, 1.82) is 0 Å². The molecule has 7 nitrogen and oxygen atoms in total. The van der Waals surface area contributed by atoms with Crippen LogP contribution < -0.4 is 9.62 Å². The van der Waals surface area contributed by atoms with Crippen molar-refractivity contribution < 1.29 is 18.0 Å². The standard InChI is InChI=1S/C28H32ClN3O4S/c1-19-6-12-26(13-7-19)37(35,36)32(25-15-20(2)14-21(3)16-25)18-27(33)31(22(4)28(34)30-5)17-23-8-10-24(29)11-9-23/h6-16,22H,17-18H2,1-5H3,(H,30,34)/t22-/m0/s1. The summed E-state index contributed by atoms with van der Waals surface area (Å²) < 4.78 is 28.8. The Balaban J connectivity index is 2.06. The van der Waals surface area contributed by atoms with Gasteiger partial charge in [0.25, 0.3) is 10.0 Å². The molecule has 0 aliphatic carbocycles. The minimum Gasteiger partial charge on any atom is -0.357 e. The second-order valence-electron chi connectivity index (χ2n) is 9.11. The van der Waals surface area contributed by atoms with E-state index in [1.807, 2.05) is 26.8 Å². The van der Waals surface area contributed by atoms with Crippen LogP contribution in [0.2, 0.25) is 5.02 Å². The molecule has 1 N–H and O–H groups in total. The summed E-state index contributed by atoms with van der Waals surface area (Å²) in [5.74, 6) is -0.873. The second-order valence-corrected chi connectivity index (χ2v) is 11.4. The number of nitrogens with zero attached hydrogens (tertiary/aromatic N) is 2. The molecule has 3 aromatic rings. The molecule has 0 unspecified atom stereocenters. The molecule has 37 heavy (non-hydrogen) atoms. The van der Waals surface area contributed by atoms with Gasteiger partial charge in [0, 0.05) is 18.6 Å².